The second kappa shape index (κ2) is 1.87. The van der Waals surface area contributed by atoms with Crippen LogP contribution in [-0.2, 0) is 0 Å². The van der Waals surface area contributed by atoms with Gasteiger partial charge in [-0.1, -0.05) is 29.8 Å². The van der Waals surface area contributed by atoms with Crippen molar-refractivity contribution in [2.75, 3.05) is 0 Å². The maximum absolute atomic E-state index is 4.22. The summed E-state index contributed by atoms with van der Waals surface area (Å²) in [5.41, 5.74) is 2.36. The smallest absolute Gasteiger partial charge is 0.0393 e. The summed E-state index contributed by atoms with van der Waals surface area (Å²) in [4.78, 5) is 4.22. The largest absolute Gasteiger partial charge is 0.663 e. The molecule has 0 fully saturated rings. The number of para-hydroxylation sites is 1. The van der Waals surface area contributed by atoms with E-state index in [0.717, 1.165) is 5.52 Å². The molecule has 0 amide bonds. The lowest BCUT2D eigenvalue weighted by molar-refractivity contribution is 1.39. The Bertz CT molecular complexity index is 346. The number of benzene rings is 1. The van der Waals surface area contributed by atoms with Crippen molar-refractivity contribution < 1.29 is 0 Å². The molecule has 1 heterocycles. The quantitative estimate of drug-likeness (QED) is 0.532. The van der Waals surface area contributed by atoms with Crippen LogP contribution in [-0.4, -0.2) is 0 Å². The van der Waals surface area contributed by atoms with E-state index in [1.165, 1.54) is 10.9 Å². The molecule has 0 bridgehead atoms. The van der Waals surface area contributed by atoms with Crippen molar-refractivity contribution in [1.82, 2.24) is 4.98 Å². The minimum Gasteiger partial charge on any atom is -0.663 e. The van der Waals surface area contributed by atoms with E-state index in [9.17, 15) is 0 Å². The van der Waals surface area contributed by atoms with E-state index in [2.05, 4.69) is 18.0 Å². The summed E-state index contributed by atoms with van der Waals surface area (Å²) in [6.07, 6.45) is 1.91. The van der Waals surface area contributed by atoms with Gasteiger partial charge in [-0.2, -0.15) is 6.20 Å². The molecule has 0 aliphatic rings. The molecule has 0 spiro atoms. The highest BCUT2D eigenvalue weighted by atomic mass is 14.7. The van der Waals surface area contributed by atoms with E-state index in [-0.39, 0.29) is 0 Å². The van der Waals surface area contributed by atoms with Gasteiger partial charge in [0, 0.05) is 0 Å². The number of nitrogens with zero attached hydrogens (tertiary/aromatic N) is 1. The normalized spacial score (nSPS) is 10.5. The molecule has 0 aliphatic heterocycles. The zero-order valence-electron chi connectivity index (χ0n) is 5.83. The lowest BCUT2D eigenvalue weighted by atomic mass is 10.2. The highest BCUT2D eigenvalue weighted by molar-refractivity contribution is 5.82. The summed E-state index contributed by atoms with van der Waals surface area (Å²) >= 11 is 0. The molecule has 0 saturated heterocycles. The number of hydrogen-bond acceptors (Lipinski definition) is 0. The van der Waals surface area contributed by atoms with Gasteiger partial charge in [-0.15, -0.1) is 5.52 Å². The van der Waals surface area contributed by atoms with Gasteiger partial charge in [0.1, 0.15) is 0 Å². The lowest BCUT2D eigenvalue weighted by Crippen LogP contribution is -1.66. The number of fused-ring (bicyclic) bond motifs is 1. The van der Waals surface area contributed by atoms with Crippen LogP contribution >= 0.6 is 0 Å². The van der Waals surface area contributed by atoms with Crippen LogP contribution in [0.4, 0.5) is 0 Å². The molecule has 0 aliphatic carbocycles. The number of rotatable bonds is 0. The molecular formula is C9H8N-. The van der Waals surface area contributed by atoms with Crippen molar-refractivity contribution in [2.24, 2.45) is 0 Å². The van der Waals surface area contributed by atoms with Crippen molar-refractivity contribution >= 4 is 10.9 Å². The van der Waals surface area contributed by atoms with Crippen LogP contribution in [0.5, 0.6) is 0 Å². The average molecular weight is 130 g/mol. The van der Waals surface area contributed by atoms with Crippen LogP contribution in [0.2, 0.25) is 0 Å². The number of hydrogen-bond donors (Lipinski definition) is 0. The first-order valence-electron chi connectivity index (χ1n) is 3.35. The van der Waals surface area contributed by atoms with E-state index in [4.69, 9.17) is 0 Å². The maximum atomic E-state index is 4.22. The molecule has 10 heavy (non-hydrogen) atoms. The molecule has 2 rings (SSSR count). The van der Waals surface area contributed by atoms with Gasteiger partial charge < -0.3 is 4.98 Å². The Labute approximate surface area is 59.7 Å². The van der Waals surface area contributed by atoms with E-state index in [1.807, 2.05) is 24.4 Å². The molecule has 0 atom stereocenters. The molecule has 0 saturated carbocycles. The summed E-state index contributed by atoms with van der Waals surface area (Å²) < 4.78 is 0. The van der Waals surface area contributed by atoms with Gasteiger partial charge in [-0.25, -0.2) is 0 Å². The first-order valence-corrected chi connectivity index (χ1v) is 3.35. The second-order valence-corrected chi connectivity index (χ2v) is 2.46. The first-order chi connectivity index (χ1) is 4.88. The molecule has 0 radical (unpaired) electrons. The van der Waals surface area contributed by atoms with Crippen molar-refractivity contribution in [3.8, 4) is 0 Å². The van der Waals surface area contributed by atoms with Crippen LogP contribution in [0, 0.1) is 6.92 Å². The summed E-state index contributed by atoms with van der Waals surface area (Å²) in [6, 6.07) is 8.17. The second-order valence-electron chi connectivity index (χ2n) is 2.46. The van der Waals surface area contributed by atoms with Crippen molar-refractivity contribution in [3.63, 3.8) is 0 Å². The van der Waals surface area contributed by atoms with Gasteiger partial charge >= 0.3 is 0 Å². The predicted octanol–water partition coefficient (Wildman–Crippen LogP) is 2.11. The zero-order valence-corrected chi connectivity index (χ0v) is 5.83. The van der Waals surface area contributed by atoms with E-state index >= 15 is 0 Å². The van der Waals surface area contributed by atoms with Crippen molar-refractivity contribution in [3.05, 3.63) is 36.0 Å². The van der Waals surface area contributed by atoms with Gasteiger partial charge in [-0.05, 0) is 12.3 Å². The van der Waals surface area contributed by atoms with Gasteiger partial charge in [0.2, 0.25) is 0 Å². The minimum atomic E-state index is 1.10. The molecule has 0 unspecified atom stereocenters. The molecule has 1 aromatic carbocycles. The SMILES string of the molecule is Cc1c[n-]c2ccccc12. The molecule has 2 aromatic rings. The Kier molecular flexibility index (Phi) is 1.04. The Hall–Kier alpha value is -1.24. The van der Waals surface area contributed by atoms with Crippen LogP contribution in [0.3, 0.4) is 0 Å². The van der Waals surface area contributed by atoms with Gasteiger partial charge in [0.05, 0.1) is 0 Å². The first kappa shape index (κ1) is 5.54. The molecule has 0 N–H and O–H groups in total. The van der Waals surface area contributed by atoms with Gasteiger partial charge in [0.25, 0.3) is 0 Å². The topological polar surface area (TPSA) is 14.1 Å². The number of aryl methyl sites for hydroxylation is 1. The van der Waals surface area contributed by atoms with E-state index in [1.54, 1.807) is 0 Å². The highest BCUT2D eigenvalue weighted by Crippen LogP contribution is 2.14. The van der Waals surface area contributed by atoms with Gasteiger partial charge in [-0.3, -0.25) is 0 Å². The maximum Gasteiger partial charge on any atom is -0.0393 e. The van der Waals surface area contributed by atoms with E-state index < -0.39 is 0 Å². The molecular weight excluding hydrogens is 122 g/mol. The molecule has 1 heteroatoms. The fourth-order valence-corrected chi connectivity index (χ4v) is 1.16. The fraction of sp³-hybridized carbons (Fsp3) is 0.111. The fourth-order valence-electron chi connectivity index (χ4n) is 1.16. The predicted molar refractivity (Wildman–Crippen MR) is 42.0 cm³/mol. The summed E-state index contributed by atoms with van der Waals surface area (Å²) in [6.45, 7) is 2.08. The Morgan fingerprint density at radius 1 is 1.20 bits per heavy atom. The Morgan fingerprint density at radius 3 is 2.80 bits per heavy atom. The standard InChI is InChI=1S/C9H8N/c1-7-6-10-9-5-3-2-4-8(7)9/h2-6H,1H3/q-1. The van der Waals surface area contributed by atoms with Crippen LogP contribution in [0.15, 0.2) is 30.5 Å². The van der Waals surface area contributed by atoms with Crippen LogP contribution in [0.1, 0.15) is 5.56 Å². The molecule has 1 nitrogen and oxygen atoms in total. The molecule has 50 valence electrons. The molecule has 1 aromatic heterocycles. The zero-order chi connectivity index (χ0) is 6.97. The Balaban J connectivity index is 2.93. The van der Waals surface area contributed by atoms with E-state index in [0.29, 0.717) is 0 Å². The minimum absolute atomic E-state index is 1.10. The summed E-state index contributed by atoms with van der Waals surface area (Å²) in [5, 5.41) is 1.27. The third kappa shape index (κ3) is 0.637. The average Bonchev–Trinajstić information content (AvgIpc) is 2.34. The highest BCUT2D eigenvalue weighted by Gasteiger charge is 1.86. The van der Waals surface area contributed by atoms with Crippen molar-refractivity contribution in [1.29, 1.82) is 0 Å². The van der Waals surface area contributed by atoms with Crippen LogP contribution in [0.25, 0.3) is 10.9 Å². The third-order valence-corrected chi connectivity index (χ3v) is 1.73. The van der Waals surface area contributed by atoms with Gasteiger partial charge in [0.15, 0.2) is 0 Å². The van der Waals surface area contributed by atoms with Crippen molar-refractivity contribution in [2.45, 2.75) is 6.92 Å². The summed E-state index contributed by atoms with van der Waals surface area (Å²) in [5.74, 6) is 0. The Morgan fingerprint density at radius 2 is 2.00 bits per heavy atom. The summed E-state index contributed by atoms with van der Waals surface area (Å²) in [7, 11) is 0. The third-order valence-electron chi connectivity index (χ3n) is 1.73. The van der Waals surface area contributed by atoms with Crippen LogP contribution < -0.4 is 4.98 Å². The number of aromatic nitrogens is 1. The monoisotopic (exact) mass is 130 g/mol. The lowest BCUT2D eigenvalue weighted by Gasteiger charge is -1.94.